The number of alkyl halides is 3. The Morgan fingerprint density at radius 3 is 2.29 bits per heavy atom. The minimum absolute atomic E-state index is 0.117. The van der Waals surface area contributed by atoms with E-state index in [0.29, 0.717) is 24.4 Å². The molecule has 1 saturated carbocycles. The van der Waals surface area contributed by atoms with E-state index in [9.17, 15) is 27.6 Å². The van der Waals surface area contributed by atoms with Gasteiger partial charge in [-0.2, -0.15) is 13.2 Å². The van der Waals surface area contributed by atoms with E-state index >= 15 is 0 Å². The average molecular weight is 430 g/mol. The maximum absolute atomic E-state index is 13.1. The molecule has 8 heteroatoms. The van der Waals surface area contributed by atoms with Crippen LogP contribution in [0.4, 0.5) is 24.5 Å². The summed E-state index contributed by atoms with van der Waals surface area (Å²) in [7, 11) is 0. The standard InChI is InChI=1S/C23H21F3N2O3/c1-13-6-11-16-17(12-13)22(31)28(21(16)30)15-9-7-14(8-10-15)20(29)27-19-5-3-2-4-18(19)23(24,25)26/h2-5,7-10,13,16-17H,6,11-12H2,1H3,(H,27,29)/t13-,16+,17+/m1/s1. The minimum Gasteiger partial charge on any atom is -0.321 e. The number of carbonyl (C=O) groups is 3. The van der Waals surface area contributed by atoms with Gasteiger partial charge in [-0.25, -0.2) is 0 Å². The number of nitrogens with zero attached hydrogens (tertiary/aromatic N) is 1. The zero-order valence-corrected chi connectivity index (χ0v) is 16.8. The molecular formula is C23H21F3N2O3. The summed E-state index contributed by atoms with van der Waals surface area (Å²) in [6.07, 6.45) is -2.32. The number of halogens is 3. The molecule has 3 amide bonds. The van der Waals surface area contributed by atoms with E-state index in [2.05, 4.69) is 12.2 Å². The number of amides is 3. The van der Waals surface area contributed by atoms with Crippen LogP contribution in [0.15, 0.2) is 48.5 Å². The second-order valence-corrected chi connectivity index (χ2v) is 8.19. The summed E-state index contributed by atoms with van der Waals surface area (Å²) in [5, 5.41) is 2.28. The molecule has 0 radical (unpaired) electrons. The lowest BCUT2D eigenvalue weighted by Crippen LogP contribution is -2.30. The molecule has 1 saturated heterocycles. The molecule has 2 fully saturated rings. The van der Waals surface area contributed by atoms with Crippen LogP contribution in [0.1, 0.15) is 42.1 Å². The Kier molecular flexibility index (Phi) is 5.33. The van der Waals surface area contributed by atoms with E-state index in [1.165, 1.54) is 47.4 Å². The van der Waals surface area contributed by atoms with Gasteiger partial charge in [0, 0.05) is 5.56 Å². The Balaban J connectivity index is 1.52. The monoisotopic (exact) mass is 430 g/mol. The molecule has 0 spiro atoms. The number of para-hydroxylation sites is 1. The molecule has 1 aliphatic heterocycles. The highest BCUT2D eigenvalue weighted by Crippen LogP contribution is 2.42. The molecule has 2 aromatic rings. The van der Waals surface area contributed by atoms with E-state index in [-0.39, 0.29) is 34.9 Å². The molecule has 0 aromatic heterocycles. The number of rotatable bonds is 3. The predicted octanol–water partition coefficient (Wildman–Crippen LogP) is 4.88. The van der Waals surface area contributed by atoms with Crippen LogP contribution in [-0.4, -0.2) is 17.7 Å². The molecule has 162 valence electrons. The Morgan fingerprint density at radius 1 is 0.968 bits per heavy atom. The van der Waals surface area contributed by atoms with Crippen LogP contribution < -0.4 is 10.2 Å². The van der Waals surface area contributed by atoms with Gasteiger partial charge in [0.2, 0.25) is 11.8 Å². The number of hydrogen-bond acceptors (Lipinski definition) is 3. The second-order valence-electron chi connectivity index (χ2n) is 8.19. The predicted molar refractivity (Wildman–Crippen MR) is 108 cm³/mol. The lowest BCUT2D eigenvalue weighted by atomic mass is 9.76. The fourth-order valence-electron chi connectivity index (χ4n) is 4.44. The number of benzene rings is 2. The molecule has 4 rings (SSSR count). The van der Waals surface area contributed by atoms with Gasteiger partial charge in [0.1, 0.15) is 0 Å². The van der Waals surface area contributed by atoms with E-state index in [0.717, 1.165) is 12.5 Å². The molecule has 3 atom stereocenters. The summed E-state index contributed by atoms with van der Waals surface area (Å²) in [5.74, 6) is -1.38. The van der Waals surface area contributed by atoms with Crippen LogP contribution in [-0.2, 0) is 15.8 Å². The van der Waals surface area contributed by atoms with Gasteiger partial charge >= 0.3 is 6.18 Å². The third-order valence-electron chi connectivity index (χ3n) is 6.06. The molecule has 0 bridgehead atoms. The highest BCUT2D eigenvalue weighted by atomic mass is 19.4. The number of imide groups is 1. The van der Waals surface area contributed by atoms with Gasteiger partial charge in [0.15, 0.2) is 0 Å². The number of carbonyl (C=O) groups excluding carboxylic acids is 3. The van der Waals surface area contributed by atoms with E-state index in [1.54, 1.807) is 0 Å². The SMILES string of the molecule is C[C@@H]1CC[C@@H]2C(=O)N(c3ccc(C(=O)Nc4ccccc4C(F)(F)F)cc3)C(=O)[C@H]2C1. The topological polar surface area (TPSA) is 66.5 Å². The number of hydrogen-bond donors (Lipinski definition) is 1. The molecule has 5 nitrogen and oxygen atoms in total. The van der Waals surface area contributed by atoms with Gasteiger partial charge in [-0.15, -0.1) is 0 Å². The summed E-state index contributed by atoms with van der Waals surface area (Å²) in [6, 6.07) is 10.5. The first-order valence-electron chi connectivity index (χ1n) is 10.1. The molecule has 1 heterocycles. The lowest BCUT2D eigenvalue weighted by molar-refractivity contribution is -0.137. The summed E-state index contributed by atoms with van der Waals surface area (Å²) in [4.78, 5) is 39.2. The zero-order chi connectivity index (χ0) is 22.3. The largest absolute Gasteiger partial charge is 0.418 e. The Labute approximate surface area is 177 Å². The molecule has 0 unspecified atom stereocenters. The van der Waals surface area contributed by atoms with Crippen LogP contribution in [0, 0.1) is 17.8 Å². The molecule has 1 N–H and O–H groups in total. The number of fused-ring (bicyclic) bond motifs is 1. The summed E-state index contributed by atoms with van der Waals surface area (Å²) in [6.45, 7) is 2.07. The highest BCUT2D eigenvalue weighted by molar-refractivity contribution is 6.22. The smallest absolute Gasteiger partial charge is 0.321 e. The normalized spacial score (nSPS) is 23.6. The van der Waals surface area contributed by atoms with Crippen molar-refractivity contribution >= 4 is 29.1 Å². The van der Waals surface area contributed by atoms with E-state index in [1.807, 2.05) is 0 Å². The second kappa shape index (κ2) is 7.83. The van der Waals surface area contributed by atoms with Gasteiger partial charge in [-0.3, -0.25) is 19.3 Å². The van der Waals surface area contributed by atoms with Gasteiger partial charge in [-0.1, -0.05) is 19.1 Å². The first-order valence-corrected chi connectivity index (χ1v) is 10.1. The van der Waals surface area contributed by atoms with Crippen molar-refractivity contribution in [2.24, 2.45) is 17.8 Å². The van der Waals surface area contributed by atoms with Crippen molar-refractivity contribution in [1.29, 1.82) is 0 Å². The van der Waals surface area contributed by atoms with Crippen LogP contribution in [0.3, 0.4) is 0 Å². The molecule has 1 aliphatic carbocycles. The van der Waals surface area contributed by atoms with Gasteiger partial charge < -0.3 is 5.32 Å². The van der Waals surface area contributed by atoms with Gasteiger partial charge in [0.05, 0.1) is 28.8 Å². The Morgan fingerprint density at radius 2 is 1.61 bits per heavy atom. The van der Waals surface area contributed by atoms with Crippen LogP contribution >= 0.6 is 0 Å². The lowest BCUT2D eigenvalue weighted by Gasteiger charge is -2.25. The van der Waals surface area contributed by atoms with Crippen molar-refractivity contribution < 1.29 is 27.6 Å². The fourth-order valence-corrected chi connectivity index (χ4v) is 4.44. The fraction of sp³-hybridized carbons (Fsp3) is 0.348. The first-order chi connectivity index (χ1) is 14.7. The molecule has 31 heavy (non-hydrogen) atoms. The highest BCUT2D eigenvalue weighted by Gasteiger charge is 2.49. The summed E-state index contributed by atoms with van der Waals surface area (Å²) < 4.78 is 39.4. The summed E-state index contributed by atoms with van der Waals surface area (Å²) >= 11 is 0. The van der Waals surface area contributed by atoms with Crippen LogP contribution in [0.25, 0.3) is 0 Å². The Bertz CT molecular complexity index is 1030. The zero-order valence-electron chi connectivity index (χ0n) is 16.8. The first kappa shape index (κ1) is 21.1. The molecule has 2 aliphatic rings. The molecule has 2 aromatic carbocycles. The van der Waals surface area contributed by atoms with Crippen molar-refractivity contribution in [2.75, 3.05) is 10.2 Å². The van der Waals surface area contributed by atoms with Crippen molar-refractivity contribution in [2.45, 2.75) is 32.4 Å². The van der Waals surface area contributed by atoms with Gasteiger partial charge in [0.25, 0.3) is 5.91 Å². The van der Waals surface area contributed by atoms with E-state index < -0.39 is 17.6 Å². The van der Waals surface area contributed by atoms with Crippen molar-refractivity contribution in [3.63, 3.8) is 0 Å². The average Bonchev–Trinajstić information content (AvgIpc) is 2.97. The maximum Gasteiger partial charge on any atom is 0.418 e. The molecular weight excluding hydrogens is 409 g/mol. The summed E-state index contributed by atoms with van der Waals surface area (Å²) in [5.41, 5.74) is -0.799. The minimum atomic E-state index is -4.60. The third kappa shape index (κ3) is 3.94. The van der Waals surface area contributed by atoms with E-state index in [4.69, 9.17) is 0 Å². The maximum atomic E-state index is 13.1. The third-order valence-corrected chi connectivity index (χ3v) is 6.06. The van der Waals surface area contributed by atoms with Crippen LogP contribution in [0.5, 0.6) is 0 Å². The Hall–Kier alpha value is -3.16. The van der Waals surface area contributed by atoms with Crippen molar-refractivity contribution in [3.8, 4) is 0 Å². The van der Waals surface area contributed by atoms with Crippen LogP contribution in [0.2, 0.25) is 0 Å². The van der Waals surface area contributed by atoms with Crippen molar-refractivity contribution in [1.82, 2.24) is 0 Å². The van der Waals surface area contributed by atoms with Crippen molar-refractivity contribution in [3.05, 3.63) is 59.7 Å². The van der Waals surface area contributed by atoms with Gasteiger partial charge in [-0.05, 0) is 61.6 Å². The quantitative estimate of drug-likeness (QED) is 0.706. The number of anilines is 2. The number of nitrogens with one attached hydrogen (secondary N) is 1.